The standard InChI is InChI=1S/C19H23ClF3N5O3S/c1-10(2)14-5-4-8-28(32(30,31)26-14)18-15(20)16(27(3)25-18)19(29)24-11-6-7-13(21)12(9-11)17(22)23/h6-7,9-10,14,17,26H,4-5,8H2,1-3H3,(H,24,29). The van der Waals surface area contributed by atoms with Gasteiger partial charge in [0, 0.05) is 25.3 Å². The maximum atomic E-state index is 13.5. The molecule has 0 bridgehead atoms. The molecule has 1 aromatic carbocycles. The van der Waals surface area contributed by atoms with Crippen LogP contribution in [0.3, 0.4) is 0 Å². The normalized spacial score (nSPS) is 18.8. The molecule has 0 saturated carbocycles. The number of alkyl halides is 2. The second-order valence-electron chi connectivity index (χ2n) is 7.79. The van der Waals surface area contributed by atoms with Crippen LogP contribution in [0.1, 0.15) is 49.2 Å². The van der Waals surface area contributed by atoms with Crippen LogP contribution >= 0.6 is 11.6 Å². The van der Waals surface area contributed by atoms with Crippen molar-refractivity contribution in [3.8, 4) is 0 Å². The van der Waals surface area contributed by atoms with Crippen LogP contribution in [0.25, 0.3) is 0 Å². The number of nitrogens with one attached hydrogen (secondary N) is 2. The highest BCUT2D eigenvalue weighted by molar-refractivity contribution is 7.90. The van der Waals surface area contributed by atoms with E-state index >= 15 is 0 Å². The number of aryl methyl sites for hydroxylation is 1. The number of aromatic nitrogens is 2. The fraction of sp³-hybridized carbons (Fsp3) is 0.474. The first-order valence-electron chi connectivity index (χ1n) is 9.83. The highest BCUT2D eigenvalue weighted by Crippen LogP contribution is 2.32. The monoisotopic (exact) mass is 493 g/mol. The number of nitrogens with zero attached hydrogens (tertiary/aromatic N) is 3. The van der Waals surface area contributed by atoms with Gasteiger partial charge in [-0.15, -0.1) is 0 Å². The summed E-state index contributed by atoms with van der Waals surface area (Å²) in [6, 6.07) is 2.50. The molecule has 1 aliphatic rings. The van der Waals surface area contributed by atoms with E-state index < -0.39 is 33.9 Å². The number of benzene rings is 1. The summed E-state index contributed by atoms with van der Waals surface area (Å²) in [4.78, 5) is 12.8. The molecule has 2 aromatic rings. The van der Waals surface area contributed by atoms with Crippen molar-refractivity contribution < 1.29 is 26.4 Å². The first kappa shape index (κ1) is 24.3. The van der Waals surface area contributed by atoms with Crippen molar-refractivity contribution in [2.45, 2.75) is 39.2 Å². The Morgan fingerprint density at radius 3 is 2.66 bits per heavy atom. The third-order valence-corrected chi connectivity index (χ3v) is 7.07. The number of halogens is 4. The average Bonchev–Trinajstić information content (AvgIpc) is 2.87. The molecule has 2 N–H and O–H groups in total. The zero-order valence-electron chi connectivity index (χ0n) is 17.6. The molecule has 1 aliphatic heterocycles. The number of amides is 1. The Morgan fingerprint density at radius 1 is 1.34 bits per heavy atom. The third-order valence-electron chi connectivity index (χ3n) is 5.18. The molecule has 32 heavy (non-hydrogen) atoms. The Balaban J connectivity index is 1.91. The Labute approximate surface area is 188 Å². The number of carbonyl (C=O) groups excluding carboxylic acids is 1. The minimum absolute atomic E-state index is 0.0747. The molecule has 0 spiro atoms. The van der Waals surface area contributed by atoms with E-state index in [4.69, 9.17) is 11.6 Å². The quantitative estimate of drug-likeness (QED) is 0.661. The lowest BCUT2D eigenvalue weighted by Crippen LogP contribution is -2.44. The smallest absolute Gasteiger partial charge is 0.303 e. The summed E-state index contributed by atoms with van der Waals surface area (Å²) in [7, 11) is -2.57. The molecular weight excluding hydrogens is 471 g/mol. The van der Waals surface area contributed by atoms with Gasteiger partial charge in [0.2, 0.25) is 0 Å². The maximum absolute atomic E-state index is 13.5. The summed E-state index contributed by atoms with van der Waals surface area (Å²) in [5.41, 5.74) is -1.11. The maximum Gasteiger partial charge on any atom is 0.303 e. The van der Waals surface area contributed by atoms with E-state index in [1.54, 1.807) is 0 Å². The predicted octanol–water partition coefficient (Wildman–Crippen LogP) is 3.86. The number of hydrogen-bond donors (Lipinski definition) is 2. The van der Waals surface area contributed by atoms with Crippen molar-refractivity contribution in [2.75, 3.05) is 16.2 Å². The minimum Gasteiger partial charge on any atom is -0.321 e. The molecule has 3 rings (SSSR count). The van der Waals surface area contributed by atoms with Crippen molar-refractivity contribution in [3.63, 3.8) is 0 Å². The molecule has 2 heterocycles. The van der Waals surface area contributed by atoms with E-state index in [2.05, 4.69) is 15.1 Å². The molecule has 8 nitrogen and oxygen atoms in total. The van der Waals surface area contributed by atoms with Crippen LogP contribution < -0.4 is 14.3 Å². The van der Waals surface area contributed by atoms with Crippen LogP contribution in [0.5, 0.6) is 0 Å². The topological polar surface area (TPSA) is 96.3 Å². The van der Waals surface area contributed by atoms with Gasteiger partial charge < -0.3 is 5.32 Å². The molecule has 13 heteroatoms. The second kappa shape index (κ2) is 9.28. The Morgan fingerprint density at radius 2 is 2.03 bits per heavy atom. The molecule has 0 radical (unpaired) electrons. The zero-order chi connectivity index (χ0) is 23.8. The van der Waals surface area contributed by atoms with Crippen molar-refractivity contribution in [1.82, 2.24) is 14.5 Å². The summed E-state index contributed by atoms with van der Waals surface area (Å²) >= 11 is 6.35. The Hall–Kier alpha value is -2.31. The van der Waals surface area contributed by atoms with Crippen LogP contribution in [0.4, 0.5) is 24.7 Å². The number of rotatable bonds is 5. The lowest BCUT2D eigenvalue weighted by molar-refractivity contribution is 0.101. The average molecular weight is 494 g/mol. The molecule has 1 aromatic heterocycles. The van der Waals surface area contributed by atoms with E-state index in [1.807, 2.05) is 13.8 Å². The van der Waals surface area contributed by atoms with E-state index in [1.165, 1.54) is 7.05 Å². The van der Waals surface area contributed by atoms with Gasteiger partial charge in [0.1, 0.15) is 16.5 Å². The zero-order valence-corrected chi connectivity index (χ0v) is 19.1. The molecule has 1 amide bonds. The largest absolute Gasteiger partial charge is 0.321 e. The van der Waals surface area contributed by atoms with Crippen LogP contribution in [0.15, 0.2) is 18.2 Å². The highest BCUT2D eigenvalue weighted by Gasteiger charge is 2.35. The van der Waals surface area contributed by atoms with E-state index in [0.717, 1.165) is 27.2 Å². The van der Waals surface area contributed by atoms with Gasteiger partial charge in [-0.3, -0.25) is 9.48 Å². The van der Waals surface area contributed by atoms with Crippen LogP contribution in [-0.4, -0.2) is 36.7 Å². The summed E-state index contributed by atoms with van der Waals surface area (Å²) in [5, 5.41) is 6.27. The van der Waals surface area contributed by atoms with Crippen molar-refractivity contribution in [3.05, 3.63) is 40.3 Å². The van der Waals surface area contributed by atoms with Gasteiger partial charge in [-0.25, -0.2) is 17.5 Å². The highest BCUT2D eigenvalue weighted by atomic mass is 35.5. The lowest BCUT2D eigenvalue weighted by atomic mass is 10.0. The first-order valence-corrected chi connectivity index (χ1v) is 11.7. The fourth-order valence-corrected chi connectivity index (χ4v) is 5.47. The van der Waals surface area contributed by atoms with Gasteiger partial charge >= 0.3 is 10.2 Å². The molecule has 0 aliphatic carbocycles. The Bertz CT molecular complexity index is 1120. The summed E-state index contributed by atoms with van der Waals surface area (Å²) < 4.78 is 69.9. The first-order chi connectivity index (χ1) is 14.9. The van der Waals surface area contributed by atoms with Crippen molar-refractivity contribution in [2.24, 2.45) is 13.0 Å². The van der Waals surface area contributed by atoms with Crippen LogP contribution in [0.2, 0.25) is 5.02 Å². The van der Waals surface area contributed by atoms with E-state index in [0.29, 0.717) is 12.8 Å². The summed E-state index contributed by atoms with van der Waals surface area (Å²) in [6.45, 7) is 3.94. The second-order valence-corrected chi connectivity index (χ2v) is 9.79. The fourth-order valence-electron chi connectivity index (χ4n) is 3.45. The number of carbonyl (C=O) groups is 1. The van der Waals surface area contributed by atoms with Crippen molar-refractivity contribution >= 4 is 39.2 Å². The molecule has 1 unspecified atom stereocenters. The molecule has 176 valence electrons. The van der Waals surface area contributed by atoms with Crippen LogP contribution in [-0.2, 0) is 17.3 Å². The minimum atomic E-state index is -3.97. The van der Waals surface area contributed by atoms with Gasteiger partial charge in [-0.05, 0) is 37.0 Å². The van der Waals surface area contributed by atoms with Gasteiger partial charge in [0.25, 0.3) is 12.3 Å². The van der Waals surface area contributed by atoms with E-state index in [9.17, 15) is 26.4 Å². The summed E-state index contributed by atoms with van der Waals surface area (Å²) in [5.74, 6) is -1.96. The molecular formula is C19H23ClF3N5O3S. The number of hydrogen-bond acceptors (Lipinski definition) is 4. The van der Waals surface area contributed by atoms with Gasteiger partial charge in [0.05, 0.1) is 5.56 Å². The molecule has 1 atom stereocenters. The van der Waals surface area contributed by atoms with Gasteiger partial charge in [-0.1, -0.05) is 25.4 Å². The number of anilines is 2. The van der Waals surface area contributed by atoms with E-state index in [-0.39, 0.29) is 40.7 Å². The van der Waals surface area contributed by atoms with Crippen molar-refractivity contribution in [1.29, 1.82) is 0 Å². The molecule has 1 fully saturated rings. The SMILES string of the molecule is CC(C)C1CCCN(c2nn(C)c(C(=O)Nc3ccc(F)c(C(F)F)c3)c2Cl)S(=O)(=O)N1. The molecule has 1 saturated heterocycles. The third kappa shape index (κ3) is 4.86. The van der Waals surface area contributed by atoms with Gasteiger partial charge in [0.15, 0.2) is 5.82 Å². The van der Waals surface area contributed by atoms with Crippen LogP contribution in [0, 0.1) is 11.7 Å². The Kier molecular flexibility index (Phi) is 7.06. The lowest BCUT2D eigenvalue weighted by Gasteiger charge is -2.22. The predicted molar refractivity (Wildman–Crippen MR) is 115 cm³/mol. The summed E-state index contributed by atoms with van der Waals surface area (Å²) in [6.07, 6.45) is -1.88. The van der Waals surface area contributed by atoms with Gasteiger partial charge in [-0.2, -0.15) is 18.2 Å².